The normalized spacial score (nSPS) is 17.5. The van der Waals surface area contributed by atoms with Gasteiger partial charge < -0.3 is 14.8 Å². The molecule has 1 atom stereocenters. The van der Waals surface area contributed by atoms with E-state index >= 15 is 0 Å². The van der Waals surface area contributed by atoms with Crippen LogP contribution in [0.2, 0.25) is 0 Å². The highest BCUT2D eigenvalue weighted by Crippen LogP contribution is 2.30. The molecule has 1 amide bonds. The third-order valence-electron chi connectivity index (χ3n) is 3.28. The minimum absolute atomic E-state index is 0.0481. The summed E-state index contributed by atoms with van der Waals surface area (Å²) in [5.41, 5.74) is 0.629. The number of carbonyl (C=O) groups excluding carboxylic acids is 2. The summed E-state index contributed by atoms with van der Waals surface area (Å²) < 4.78 is 10.3. The van der Waals surface area contributed by atoms with Crippen LogP contribution in [0.1, 0.15) is 54.2 Å². The van der Waals surface area contributed by atoms with Gasteiger partial charge in [0.15, 0.2) is 0 Å². The number of esters is 1. The molecule has 5 nitrogen and oxygen atoms in total. The second-order valence-electron chi connectivity index (χ2n) is 6.37. The summed E-state index contributed by atoms with van der Waals surface area (Å²) in [5, 5.41) is 2.91. The number of aryl methyl sites for hydroxylation is 1. The van der Waals surface area contributed by atoms with Gasteiger partial charge in [-0.25, -0.2) is 9.59 Å². The molecule has 0 spiro atoms. The maximum Gasteiger partial charge on any atom is 0.407 e. The quantitative estimate of drug-likeness (QED) is 0.866. The molecule has 0 aliphatic heterocycles. The minimum atomic E-state index is -0.497. The van der Waals surface area contributed by atoms with Crippen molar-refractivity contribution in [1.29, 1.82) is 0 Å². The molecule has 0 radical (unpaired) electrons. The average Bonchev–Trinajstić information content (AvgIpc) is 2.79. The molecule has 1 N–H and O–H groups in total. The van der Waals surface area contributed by atoms with Crippen LogP contribution < -0.4 is 5.32 Å². The molecular weight excluding hydrogens is 302 g/mol. The molecule has 1 aliphatic rings. The number of alkyl carbamates (subject to hydrolysis) is 1. The van der Waals surface area contributed by atoms with Gasteiger partial charge in [0, 0.05) is 10.9 Å². The van der Waals surface area contributed by atoms with Gasteiger partial charge in [-0.05, 0) is 58.6 Å². The monoisotopic (exact) mass is 325 g/mol. The maximum absolute atomic E-state index is 11.8. The second-order valence-corrected chi connectivity index (χ2v) is 7.50. The minimum Gasteiger partial charge on any atom is -0.462 e. The maximum atomic E-state index is 11.8. The molecule has 0 fully saturated rings. The zero-order valence-electron chi connectivity index (χ0n) is 13.5. The number of rotatable bonds is 3. The molecule has 22 heavy (non-hydrogen) atoms. The summed E-state index contributed by atoms with van der Waals surface area (Å²) in [5.74, 6) is -0.265. The van der Waals surface area contributed by atoms with Crippen molar-refractivity contribution in [1.82, 2.24) is 5.32 Å². The topological polar surface area (TPSA) is 64.6 Å². The Balaban J connectivity index is 1.97. The lowest BCUT2D eigenvalue weighted by atomic mass is 9.94. The Morgan fingerprint density at radius 1 is 1.41 bits per heavy atom. The second kappa shape index (κ2) is 6.69. The summed E-state index contributed by atoms with van der Waals surface area (Å²) in [6, 6.07) is 1.94. The molecule has 1 aromatic rings. The van der Waals surface area contributed by atoms with Crippen LogP contribution >= 0.6 is 11.3 Å². The molecule has 2 rings (SSSR count). The van der Waals surface area contributed by atoms with Crippen molar-refractivity contribution in [3.8, 4) is 0 Å². The number of carbonyl (C=O) groups is 2. The Hall–Kier alpha value is -1.56. The van der Waals surface area contributed by atoms with Crippen LogP contribution in [0.25, 0.3) is 0 Å². The van der Waals surface area contributed by atoms with Crippen molar-refractivity contribution in [2.24, 2.45) is 0 Å². The van der Waals surface area contributed by atoms with Crippen LogP contribution in [0.15, 0.2) is 6.07 Å². The zero-order valence-corrected chi connectivity index (χ0v) is 14.3. The van der Waals surface area contributed by atoms with E-state index in [0.29, 0.717) is 11.5 Å². The molecular formula is C16H23NO4S. The number of hydrogen-bond donors (Lipinski definition) is 1. The van der Waals surface area contributed by atoms with Crippen molar-refractivity contribution in [2.75, 3.05) is 6.61 Å². The van der Waals surface area contributed by atoms with E-state index in [1.165, 1.54) is 16.2 Å². The van der Waals surface area contributed by atoms with E-state index in [-0.39, 0.29) is 18.1 Å². The number of nitrogens with one attached hydrogen (secondary N) is 1. The van der Waals surface area contributed by atoms with Crippen LogP contribution in [0.5, 0.6) is 0 Å². The van der Waals surface area contributed by atoms with Gasteiger partial charge in [0.05, 0.1) is 6.61 Å². The molecule has 1 heterocycles. The fourth-order valence-corrected chi connectivity index (χ4v) is 3.53. The van der Waals surface area contributed by atoms with E-state index < -0.39 is 5.60 Å². The van der Waals surface area contributed by atoms with Crippen LogP contribution in [0, 0.1) is 0 Å². The lowest BCUT2D eigenvalue weighted by molar-refractivity contribution is 0.0496. The van der Waals surface area contributed by atoms with E-state index in [0.717, 1.165) is 24.8 Å². The summed E-state index contributed by atoms with van der Waals surface area (Å²) >= 11 is 1.50. The first-order chi connectivity index (χ1) is 10.3. The van der Waals surface area contributed by atoms with Crippen LogP contribution in [0.4, 0.5) is 4.79 Å². The Bertz CT molecular complexity index is 559. The van der Waals surface area contributed by atoms with E-state index in [4.69, 9.17) is 9.47 Å². The third-order valence-corrected chi connectivity index (χ3v) is 4.50. The zero-order chi connectivity index (χ0) is 16.3. The molecule has 1 aliphatic carbocycles. The number of thiophene rings is 1. The van der Waals surface area contributed by atoms with Crippen molar-refractivity contribution in [2.45, 2.75) is 58.6 Å². The van der Waals surface area contributed by atoms with Gasteiger partial charge in [-0.2, -0.15) is 0 Å². The van der Waals surface area contributed by atoms with Crippen LogP contribution in [0.3, 0.4) is 0 Å². The smallest absolute Gasteiger partial charge is 0.407 e. The summed E-state index contributed by atoms with van der Waals surface area (Å²) in [6.07, 6.45) is 2.06. The Morgan fingerprint density at radius 3 is 2.77 bits per heavy atom. The molecule has 122 valence electrons. The molecule has 1 aromatic heterocycles. The van der Waals surface area contributed by atoms with Crippen molar-refractivity contribution in [3.05, 3.63) is 21.4 Å². The fraction of sp³-hybridized carbons (Fsp3) is 0.625. The third kappa shape index (κ3) is 4.47. The highest BCUT2D eigenvalue weighted by Gasteiger charge is 2.26. The lowest BCUT2D eigenvalue weighted by Crippen LogP contribution is -2.41. The van der Waals surface area contributed by atoms with Crippen molar-refractivity contribution >= 4 is 23.4 Å². The van der Waals surface area contributed by atoms with Gasteiger partial charge in [-0.1, -0.05) is 0 Å². The molecule has 1 unspecified atom stereocenters. The van der Waals surface area contributed by atoms with Gasteiger partial charge >= 0.3 is 12.1 Å². The first kappa shape index (κ1) is 16.8. The molecule has 0 saturated carbocycles. The van der Waals surface area contributed by atoms with Crippen LogP contribution in [-0.2, 0) is 22.3 Å². The van der Waals surface area contributed by atoms with E-state index in [9.17, 15) is 9.59 Å². The SMILES string of the molecule is CCOC(=O)c1cc2c(s1)CCC(NC(=O)OC(C)(C)C)C2. The lowest BCUT2D eigenvalue weighted by Gasteiger charge is -2.26. The molecule has 0 saturated heterocycles. The number of fused-ring (bicyclic) bond motifs is 1. The van der Waals surface area contributed by atoms with Gasteiger partial charge in [0.2, 0.25) is 0 Å². The van der Waals surface area contributed by atoms with Crippen molar-refractivity contribution in [3.63, 3.8) is 0 Å². The number of ether oxygens (including phenoxy) is 2. The average molecular weight is 325 g/mol. The van der Waals surface area contributed by atoms with Crippen molar-refractivity contribution < 1.29 is 19.1 Å². The van der Waals surface area contributed by atoms with E-state index in [1.807, 2.05) is 26.8 Å². The summed E-state index contributed by atoms with van der Waals surface area (Å²) in [4.78, 5) is 25.5. The van der Waals surface area contributed by atoms with E-state index in [1.54, 1.807) is 6.92 Å². The predicted molar refractivity (Wildman–Crippen MR) is 85.5 cm³/mol. The van der Waals surface area contributed by atoms with Gasteiger partial charge in [0.25, 0.3) is 0 Å². The highest BCUT2D eigenvalue weighted by molar-refractivity contribution is 7.14. The Morgan fingerprint density at radius 2 is 2.14 bits per heavy atom. The van der Waals surface area contributed by atoms with Crippen LogP contribution in [-0.4, -0.2) is 30.3 Å². The molecule has 0 bridgehead atoms. The number of hydrogen-bond acceptors (Lipinski definition) is 5. The fourth-order valence-electron chi connectivity index (χ4n) is 2.42. The van der Waals surface area contributed by atoms with Gasteiger partial charge in [0.1, 0.15) is 10.5 Å². The first-order valence-corrected chi connectivity index (χ1v) is 8.38. The summed E-state index contributed by atoms with van der Waals surface area (Å²) in [6.45, 7) is 7.71. The first-order valence-electron chi connectivity index (χ1n) is 7.56. The molecule has 6 heteroatoms. The van der Waals surface area contributed by atoms with Gasteiger partial charge in [-0.3, -0.25) is 0 Å². The van der Waals surface area contributed by atoms with E-state index in [2.05, 4.69) is 5.32 Å². The summed E-state index contributed by atoms with van der Waals surface area (Å²) in [7, 11) is 0. The number of amides is 1. The van der Waals surface area contributed by atoms with Gasteiger partial charge in [-0.15, -0.1) is 11.3 Å². The predicted octanol–water partition coefficient (Wildman–Crippen LogP) is 3.31. The highest BCUT2D eigenvalue weighted by atomic mass is 32.1. The largest absolute Gasteiger partial charge is 0.462 e. The molecule has 0 aromatic carbocycles. The Kier molecular flexibility index (Phi) is 5.11. The standard InChI is InChI=1S/C16H23NO4S/c1-5-20-14(18)13-9-10-8-11(6-7-12(10)22-13)17-15(19)21-16(2,3)4/h9,11H,5-8H2,1-4H3,(H,17,19). The Labute approximate surface area is 135 Å².